The fourth-order valence-electron chi connectivity index (χ4n) is 3.21. The van der Waals surface area contributed by atoms with Crippen molar-refractivity contribution >= 4 is 28.5 Å². The second kappa shape index (κ2) is 7.47. The largest absolute Gasteiger partial charge is 0.492 e. The van der Waals surface area contributed by atoms with E-state index in [0.29, 0.717) is 6.61 Å². The average molecular weight is 373 g/mol. The Hall–Kier alpha value is -2.38. The first kappa shape index (κ1) is 17.1. The quantitative estimate of drug-likeness (QED) is 0.684. The third-order valence-corrected chi connectivity index (χ3v) is 4.92. The lowest BCUT2D eigenvalue weighted by Crippen LogP contribution is -2.47. The van der Waals surface area contributed by atoms with Crippen molar-refractivity contribution < 1.29 is 4.74 Å². The maximum atomic E-state index is 5.89. The molecule has 0 N–H and O–H groups in total. The van der Waals surface area contributed by atoms with Crippen molar-refractivity contribution in [2.24, 2.45) is 7.05 Å². The van der Waals surface area contributed by atoms with E-state index < -0.39 is 0 Å². The number of ether oxygens (including phenoxy) is 1. The van der Waals surface area contributed by atoms with E-state index in [1.54, 1.807) is 11.0 Å². The molecule has 4 rings (SSSR count). The van der Waals surface area contributed by atoms with Crippen LogP contribution in [-0.4, -0.2) is 64.0 Å². The third kappa shape index (κ3) is 3.59. The molecular weight excluding hydrogens is 352 g/mol. The Labute approximate surface area is 157 Å². The van der Waals surface area contributed by atoms with Gasteiger partial charge in [0, 0.05) is 44.8 Å². The molecule has 26 heavy (non-hydrogen) atoms. The number of piperazine rings is 1. The molecule has 1 aliphatic rings. The number of aryl methyl sites for hydroxylation is 1. The van der Waals surface area contributed by atoms with E-state index in [1.165, 1.54) is 0 Å². The van der Waals surface area contributed by atoms with Crippen LogP contribution in [0, 0.1) is 0 Å². The van der Waals surface area contributed by atoms with Crippen molar-refractivity contribution in [3.8, 4) is 5.75 Å². The topological polar surface area (TPSA) is 59.3 Å². The van der Waals surface area contributed by atoms with Crippen molar-refractivity contribution in [2.45, 2.75) is 0 Å². The standard InChI is InChI=1S/C18H21ClN6O/c1-23-17-16(12-22-23)18(21-13-20-17)25-8-6-24(7-9-25)10-11-26-15-4-2-14(19)3-5-15/h2-5,12-13H,6-11H2,1H3. The number of halogens is 1. The molecule has 0 aliphatic carbocycles. The number of benzene rings is 1. The molecule has 3 heterocycles. The summed E-state index contributed by atoms with van der Waals surface area (Å²) in [6.07, 6.45) is 3.46. The average Bonchev–Trinajstić information content (AvgIpc) is 3.05. The maximum absolute atomic E-state index is 5.89. The van der Waals surface area contributed by atoms with E-state index in [-0.39, 0.29) is 0 Å². The smallest absolute Gasteiger partial charge is 0.163 e. The first-order chi connectivity index (χ1) is 12.7. The Balaban J connectivity index is 1.30. The monoisotopic (exact) mass is 372 g/mol. The predicted octanol–water partition coefficient (Wildman–Crippen LogP) is 2.22. The zero-order valence-electron chi connectivity index (χ0n) is 14.7. The minimum atomic E-state index is 0.669. The summed E-state index contributed by atoms with van der Waals surface area (Å²) in [5.74, 6) is 1.83. The SMILES string of the molecule is Cn1ncc2c(N3CCN(CCOc4ccc(Cl)cc4)CC3)ncnc21. The molecule has 7 nitrogen and oxygen atoms in total. The molecule has 1 aliphatic heterocycles. The Morgan fingerprint density at radius 2 is 1.85 bits per heavy atom. The number of hydrogen-bond donors (Lipinski definition) is 0. The van der Waals surface area contributed by atoms with Crippen LogP contribution >= 0.6 is 11.6 Å². The second-order valence-electron chi connectivity index (χ2n) is 6.33. The van der Waals surface area contributed by atoms with Gasteiger partial charge in [-0.1, -0.05) is 11.6 Å². The Morgan fingerprint density at radius 3 is 2.62 bits per heavy atom. The van der Waals surface area contributed by atoms with Gasteiger partial charge in [0.1, 0.15) is 24.5 Å². The lowest BCUT2D eigenvalue weighted by Gasteiger charge is -2.35. The maximum Gasteiger partial charge on any atom is 0.163 e. The fraction of sp³-hybridized carbons (Fsp3) is 0.389. The number of rotatable bonds is 5. The highest BCUT2D eigenvalue weighted by atomic mass is 35.5. The number of nitrogens with zero attached hydrogens (tertiary/aromatic N) is 6. The molecule has 0 radical (unpaired) electrons. The summed E-state index contributed by atoms with van der Waals surface area (Å²) in [6.45, 7) is 5.40. The van der Waals surface area contributed by atoms with Crippen molar-refractivity contribution in [1.29, 1.82) is 0 Å². The van der Waals surface area contributed by atoms with Gasteiger partial charge < -0.3 is 9.64 Å². The molecule has 1 fully saturated rings. The van der Waals surface area contributed by atoms with Crippen molar-refractivity contribution in [1.82, 2.24) is 24.6 Å². The van der Waals surface area contributed by atoms with E-state index in [0.717, 1.165) is 60.3 Å². The molecule has 0 spiro atoms. The molecule has 2 aromatic heterocycles. The van der Waals surface area contributed by atoms with Gasteiger partial charge in [-0.3, -0.25) is 9.58 Å². The van der Waals surface area contributed by atoms with Crippen LogP contribution < -0.4 is 9.64 Å². The summed E-state index contributed by atoms with van der Waals surface area (Å²) in [5, 5.41) is 6.03. The van der Waals surface area contributed by atoms with E-state index in [4.69, 9.17) is 16.3 Å². The first-order valence-electron chi connectivity index (χ1n) is 8.69. The van der Waals surface area contributed by atoms with Crippen molar-refractivity contribution in [3.63, 3.8) is 0 Å². The summed E-state index contributed by atoms with van der Waals surface area (Å²) < 4.78 is 7.57. The lowest BCUT2D eigenvalue weighted by molar-refractivity contribution is 0.200. The van der Waals surface area contributed by atoms with E-state index >= 15 is 0 Å². The van der Waals surface area contributed by atoms with Crippen LogP contribution in [0.4, 0.5) is 5.82 Å². The summed E-state index contributed by atoms with van der Waals surface area (Å²) in [5.41, 5.74) is 0.869. The fourth-order valence-corrected chi connectivity index (χ4v) is 3.33. The summed E-state index contributed by atoms with van der Waals surface area (Å²) in [7, 11) is 1.90. The van der Waals surface area contributed by atoms with Crippen LogP contribution in [0.25, 0.3) is 11.0 Å². The van der Waals surface area contributed by atoms with Crippen LogP contribution in [0.5, 0.6) is 5.75 Å². The molecule has 0 amide bonds. The molecule has 3 aromatic rings. The molecule has 0 saturated carbocycles. The molecule has 136 valence electrons. The summed E-state index contributed by atoms with van der Waals surface area (Å²) in [6, 6.07) is 7.48. The van der Waals surface area contributed by atoms with Gasteiger partial charge in [0.25, 0.3) is 0 Å². The highest BCUT2D eigenvalue weighted by molar-refractivity contribution is 6.30. The van der Waals surface area contributed by atoms with Gasteiger partial charge in [0.05, 0.1) is 11.6 Å². The van der Waals surface area contributed by atoms with Gasteiger partial charge in [-0.05, 0) is 24.3 Å². The molecular formula is C18H21ClN6O. The normalized spacial score (nSPS) is 15.5. The Kier molecular flexibility index (Phi) is 4.90. The summed E-state index contributed by atoms with van der Waals surface area (Å²) >= 11 is 5.89. The van der Waals surface area contributed by atoms with Crippen molar-refractivity contribution in [3.05, 3.63) is 41.8 Å². The number of aromatic nitrogens is 4. The lowest BCUT2D eigenvalue weighted by atomic mass is 10.3. The number of hydrogen-bond acceptors (Lipinski definition) is 6. The van der Waals surface area contributed by atoms with Gasteiger partial charge in [-0.2, -0.15) is 5.10 Å². The van der Waals surface area contributed by atoms with Crippen LogP contribution in [0.1, 0.15) is 0 Å². The summed E-state index contributed by atoms with van der Waals surface area (Å²) in [4.78, 5) is 13.5. The molecule has 1 aromatic carbocycles. The number of fused-ring (bicyclic) bond motifs is 1. The zero-order chi connectivity index (χ0) is 17.9. The number of anilines is 1. The molecule has 0 bridgehead atoms. The van der Waals surface area contributed by atoms with Gasteiger partial charge in [-0.15, -0.1) is 0 Å². The first-order valence-corrected chi connectivity index (χ1v) is 9.07. The molecule has 1 saturated heterocycles. The minimum Gasteiger partial charge on any atom is -0.492 e. The van der Waals surface area contributed by atoms with E-state index in [2.05, 4.69) is 24.9 Å². The Morgan fingerprint density at radius 1 is 1.08 bits per heavy atom. The predicted molar refractivity (Wildman–Crippen MR) is 102 cm³/mol. The van der Waals surface area contributed by atoms with Gasteiger partial charge >= 0.3 is 0 Å². The zero-order valence-corrected chi connectivity index (χ0v) is 15.4. The third-order valence-electron chi connectivity index (χ3n) is 4.67. The molecule has 0 unspecified atom stereocenters. The highest BCUT2D eigenvalue weighted by Crippen LogP contribution is 2.23. The Bertz CT molecular complexity index is 873. The second-order valence-corrected chi connectivity index (χ2v) is 6.77. The van der Waals surface area contributed by atoms with Gasteiger partial charge in [0.15, 0.2) is 5.65 Å². The minimum absolute atomic E-state index is 0.669. The van der Waals surface area contributed by atoms with Crippen molar-refractivity contribution in [2.75, 3.05) is 44.2 Å². The van der Waals surface area contributed by atoms with E-state index in [9.17, 15) is 0 Å². The molecule has 0 atom stereocenters. The van der Waals surface area contributed by atoms with Crippen LogP contribution in [-0.2, 0) is 7.05 Å². The van der Waals surface area contributed by atoms with Gasteiger partial charge in [-0.25, -0.2) is 9.97 Å². The van der Waals surface area contributed by atoms with Gasteiger partial charge in [0.2, 0.25) is 0 Å². The van der Waals surface area contributed by atoms with E-state index in [1.807, 2.05) is 37.5 Å². The van der Waals surface area contributed by atoms with Crippen LogP contribution in [0.3, 0.4) is 0 Å². The van der Waals surface area contributed by atoms with Crippen LogP contribution in [0.15, 0.2) is 36.8 Å². The highest BCUT2D eigenvalue weighted by Gasteiger charge is 2.20. The van der Waals surface area contributed by atoms with Crippen LogP contribution in [0.2, 0.25) is 5.02 Å². The molecule has 8 heteroatoms.